The predicted octanol–water partition coefficient (Wildman–Crippen LogP) is 0.502. The number of carbonyl (C=O) groups excluding carboxylic acids is 1. The van der Waals surface area contributed by atoms with E-state index in [1.54, 1.807) is 12.3 Å². The molecule has 0 unspecified atom stereocenters. The monoisotopic (exact) mass is 293 g/mol. The number of thiophene rings is 1. The van der Waals surface area contributed by atoms with Crippen LogP contribution in [0.25, 0.3) is 0 Å². The van der Waals surface area contributed by atoms with Gasteiger partial charge in [0, 0.05) is 6.04 Å². The number of nitrogens with one attached hydrogen (secondary N) is 1. The van der Waals surface area contributed by atoms with Crippen LogP contribution < -0.4 is 4.72 Å². The van der Waals surface area contributed by atoms with Crippen molar-refractivity contribution in [3.63, 3.8) is 0 Å². The summed E-state index contributed by atoms with van der Waals surface area (Å²) in [4.78, 5) is 11.4. The third-order valence-corrected chi connectivity index (χ3v) is 5.17. The molecule has 6 nitrogen and oxygen atoms in total. The Bertz CT molecular complexity index is 534. The van der Waals surface area contributed by atoms with Crippen LogP contribution in [0.3, 0.4) is 0 Å². The number of hydrogen-bond donors (Lipinski definition) is 2. The van der Waals surface area contributed by atoms with Gasteiger partial charge in [-0.25, -0.2) is 17.9 Å². The number of aryl methyl sites for hydroxylation is 1. The maximum Gasteiger partial charge on any atom is 0.349 e. The lowest BCUT2D eigenvalue weighted by Gasteiger charge is -2.12. The molecule has 1 rings (SSSR count). The number of ether oxygens (including phenoxy) is 1. The van der Waals surface area contributed by atoms with Crippen LogP contribution in [0.1, 0.15) is 22.2 Å². The lowest BCUT2D eigenvalue weighted by Crippen LogP contribution is -2.35. The van der Waals surface area contributed by atoms with Gasteiger partial charge in [-0.1, -0.05) is 0 Å². The number of hydrogen-bond acceptors (Lipinski definition) is 6. The summed E-state index contributed by atoms with van der Waals surface area (Å²) in [6.45, 7) is 2.80. The van der Waals surface area contributed by atoms with Gasteiger partial charge in [0.2, 0.25) is 10.0 Å². The van der Waals surface area contributed by atoms with Crippen molar-refractivity contribution in [1.82, 2.24) is 4.72 Å². The summed E-state index contributed by atoms with van der Waals surface area (Å²) in [6, 6.07) is -0.625. The van der Waals surface area contributed by atoms with Gasteiger partial charge in [0.25, 0.3) is 0 Å². The molecule has 0 aliphatic heterocycles. The first-order chi connectivity index (χ1) is 8.33. The molecule has 0 aromatic carbocycles. The standard InChI is InChI=1S/C10H15NO5S2/c1-6-5-17-8(10(13)16-3)9(6)18(14,15)11-7(2)4-12/h5,7,11-12H,4H2,1-3H3/t7-/m0/s1. The number of aliphatic hydroxyl groups is 1. The fraction of sp³-hybridized carbons (Fsp3) is 0.500. The van der Waals surface area contributed by atoms with Gasteiger partial charge in [-0.3, -0.25) is 0 Å². The minimum absolute atomic E-state index is 0.0349. The zero-order valence-corrected chi connectivity index (χ0v) is 11.9. The van der Waals surface area contributed by atoms with Gasteiger partial charge in [0.1, 0.15) is 9.77 Å². The number of esters is 1. The van der Waals surface area contributed by atoms with E-state index in [-0.39, 0.29) is 16.4 Å². The first-order valence-corrected chi connectivity index (χ1v) is 7.49. The molecule has 102 valence electrons. The van der Waals surface area contributed by atoms with Gasteiger partial charge in [-0.05, 0) is 24.8 Å². The van der Waals surface area contributed by atoms with Gasteiger partial charge in [0.05, 0.1) is 13.7 Å². The summed E-state index contributed by atoms with van der Waals surface area (Å²) in [5.74, 6) is -0.690. The second-order valence-electron chi connectivity index (χ2n) is 3.77. The summed E-state index contributed by atoms with van der Waals surface area (Å²) in [7, 11) is -2.65. The predicted molar refractivity (Wildman–Crippen MR) is 67.3 cm³/mol. The number of sulfonamides is 1. The minimum Gasteiger partial charge on any atom is -0.465 e. The Labute approximate surface area is 110 Å². The largest absolute Gasteiger partial charge is 0.465 e. The molecule has 0 aliphatic rings. The van der Waals surface area contributed by atoms with Crippen molar-refractivity contribution in [2.24, 2.45) is 0 Å². The van der Waals surface area contributed by atoms with Crippen molar-refractivity contribution in [1.29, 1.82) is 0 Å². The molecule has 8 heteroatoms. The van der Waals surface area contributed by atoms with Crippen molar-refractivity contribution in [3.8, 4) is 0 Å². The van der Waals surface area contributed by atoms with E-state index in [4.69, 9.17) is 5.11 Å². The van der Waals surface area contributed by atoms with Gasteiger partial charge in [0.15, 0.2) is 0 Å². The fourth-order valence-corrected chi connectivity index (χ4v) is 4.30. The Morgan fingerprint density at radius 3 is 2.72 bits per heavy atom. The van der Waals surface area contributed by atoms with E-state index in [9.17, 15) is 13.2 Å². The first-order valence-electron chi connectivity index (χ1n) is 5.13. The van der Waals surface area contributed by atoms with Crippen molar-refractivity contribution in [3.05, 3.63) is 15.8 Å². The summed E-state index contributed by atoms with van der Waals surface area (Å²) >= 11 is 1.01. The summed E-state index contributed by atoms with van der Waals surface area (Å²) in [6.07, 6.45) is 0. The highest BCUT2D eigenvalue weighted by Crippen LogP contribution is 2.27. The summed E-state index contributed by atoms with van der Waals surface area (Å²) in [5, 5.41) is 10.4. The van der Waals surface area contributed by atoms with Crippen molar-refractivity contribution < 1.29 is 23.1 Å². The number of carbonyl (C=O) groups is 1. The van der Waals surface area contributed by atoms with Crippen molar-refractivity contribution in [2.75, 3.05) is 13.7 Å². The molecular formula is C10H15NO5S2. The fourth-order valence-electron chi connectivity index (χ4n) is 1.36. The average Bonchev–Trinajstić information content (AvgIpc) is 2.70. The third kappa shape index (κ3) is 3.08. The van der Waals surface area contributed by atoms with Crippen LogP contribution in [0, 0.1) is 6.92 Å². The van der Waals surface area contributed by atoms with Gasteiger partial charge >= 0.3 is 5.97 Å². The van der Waals surface area contributed by atoms with Gasteiger partial charge < -0.3 is 9.84 Å². The molecule has 1 aromatic rings. The molecule has 1 atom stereocenters. The molecule has 2 N–H and O–H groups in total. The van der Waals surface area contributed by atoms with E-state index in [2.05, 4.69) is 9.46 Å². The Balaban J connectivity index is 3.24. The number of methoxy groups -OCH3 is 1. The summed E-state index contributed by atoms with van der Waals surface area (Å²) < 4.78 is 31.0. The summed E-state index contributed by atoms with van der Waals surface area (Å²) in [5.41, 5.74) is 0.470. The Morgan fingerprint density at radius 1 is 1.61 bits per heavy atom. The zero-order valence-electron chi connectivity index (χ0n) is 10.3. The van der Waals surface area contributed by atoms with Crippen LogP contribution in [0.5, 0.6) is 0 Å². The van der Waals surface area contributed by atoms with Crippen LogP contribution in [-0.4, -0.2) is 39.3 Å². The molecule has 18 heavy (non-hydrogen) atoms. The normalized spacial score (nSPS) is 13.3. The van der Waals surface area contributed by atoms with Crippen LogP contribution in [0.2, 0.25) is 0 Å². The molecule has 0 spiro atoms. The van der Waals surface area contributed by atoms with Crippen LogP contribution in [0.4, 0.5) is 0 Å². The van der Waals surface area contributed by atoms with E-state index in [1.807, 2.05) is 0 Å². The van der Waals surface area contributed by atoms with Crippen LogP contribution in [0.15, 0.2) is 10.3 Å². The number of aliphatic hydroxyl groups excluding tert-OH is 1. The maximum atomic E-state index is 12.1. The van der Waals surface area contributed by atoms with E-state index < -0.39 is 22.0 Å². The highest BCUT2D eigenvalue weighted by molar-refractivity contribution is 7.89. The maximum absolute atomic E-state index is 12.1. The van der Waals surface area contributed by atoms with Gasteiger partial charge in [-0.2, -0.15) is 0 Å². The average molecular weight is 293 g/mol. The van der Waals surface area contributed by atoms with Crippen molar-refractivity contribution >= 4 is 27.3 Å². The lowest BCUT2D eigenvalue weighted by molar-refractivity contribution is 0.0602. The highest BCUT2D eigenvalue weighted by atomic mass is 32.2. The lowest BCUT2D eigenvalue weighted by atomic mass is 10.3. The van der Waals surface area contributed by atoms with Crippen molar-refractivity contribution in [2.45, 2.75) is 24.8 Å². The Kier molecular flexibility index (Phi) is 4.85. The quantitative estimate of drug-likeness (QED) is 0.771. The molecule has 1 heterocycles. The van der Waals surface area contributed by atoms with E-state index in [0.29, 0.717) is 5.56 Å². The molecule has 0 bridgehead atoms. The van der Waals surface area contributed by atoms with Gasteiger partial charge in [-0.15, -0.1) is 11.3 Å². The SMILES string of the molecule is COC(=O)c1scc(C)c1S(=O)(=O)N[C@@H](C)CO. The highest BCUT2D eigenvalue weighted by Gasteiger charge is 2.28. The van der Waals surface area contributed by atoms with Crippen LogP contribution >= 0.6 is 11.3 Å². The smallest absolute Gasteiger partial charge is 0.349 e. The van der Waals surface area contributed by atoms with E-state index in [0.717, 1.165) is 11.3 Å². The minimum atomic E-state index is -3.85. The van der Waals surface area contributed by atoms with E-state index in [1.165, 1.54) is 14.0 Å². The first kappa shape index (κ1) is 15.1. The second-order valence-corrected chi connectivity index (χ2v) is 6.30. The van der Waals surface area contributed by atoms with Crippen LogP contribution in [-0.2, 0) is 14.8 Å². The molecule has 0 saturated heterocycles. The Morgan fingerprint density at radius 2 is 2.22 bits per heavy atom. The zero-order chi connectivity index (χ0) is 13.9. The topological polar surface area (TPSA) is 92.7 Å². The molecular weight excluding hydrogens is 278 g/mol. The molecule has 0 amide bonds. The number of rotatable bonds is 5. The second kappa shape index (κ2) is 5.79. The molecule has 0 saturated carbocycles. The molecule has 0 aliphatic carbocycles. The molecule has 0 fully saturated rings. The van der Waals surface area contributed by atoms with E-state index >= 15 is 0 Å². The Hall–Kier alpha value is -0.960. The molecule has 0 radical (unpaired) electrons. The molecule has 1 aromatic heterocycles. The third-order valence-electron chi connectivity index (χ3n) is 2.19.